The lowest BCUT2D eigenvalue weighted by Gasteiger charge is -2.07. The SMILES string of the molecule is CC(O)c1nncn1-c1ccccc1. The van der Waals surface area contributed by atoms with Gasteiger partial charge in [-0.1, -0.05) is 18.2 Å². The van der Waals surface area contributed by atoms with E-state index in [1.54, 1.807) is 17.8 Å². The average Bonchev–Trinajstić information content (AvgIpc) is 2.67. The molecule has 0 aliphatic heterocycles. The second kappa shape index (κ2) is 3.59. The van der Waals surface area contributed by atoms with Crippen LogP contribution >= 0.6 is 0 Å². The fourth-order valence-corrected chi connectivity index (χ4v) is 1.32. The fraction of sp³-hybridized carbons (Fsp3) is 0.200. The standard InChI is InChI=1S/C10H11N3O/c1-8(14)10-12-11-7-13(10)9-5-3-2-4-6-9/h2-8,14H,1H3. The van der Waals surface area contributed by atoms with E-state index in [0.29, 0.717) is 5.82 Å². The van der Waals surface area contributed by atoms with E-state index in [0.717, 1.165) is 5.69 Å². The molecule has 4 heteroatoms. The summed E-state index contributed by atoms with van der Waals surface area (Å²) < 4.78 is 1.77. The molecule has 4 nitrogen and oxygen atoms in total. The summed E-state index contributed by atoms with van der Waals surface area (Å²) in [5.41, 5.74) is 0.952. The van der Waals surface area contributed by atoms with Crippen LogP contribution in [0.3, 0.4) is 0 Å². The summed E-state index contributed by atoms with van der Waals surface area (Å²) in [6.45, 7) is 1.67. The Morgan fingerprint density at radius 3 is 2.64 bits per heavy atom. The van der Waals surface area contributed by atoms with Crippen molar-refractivity contribution in [1.82, 2.24) is 14.8 Å². The highest BCUT2D eigenvalue weighted by Crippen LogP contribution is 2.14. The molecule has 1 aromatic heterocycles. The molecule has 14 heavy (non-hydrogen) atoms. The van der Waals surface area contributed by atoms with Gasteiger partial charge in [-0.05, 0) is 19.1 Å². The zero-order valence-corrected chi connectivity index (χ0v) is 7.83. The molecule has 0 aliphatic rings. The number of aliphatic hydroxyl groups excluding tert-OH is 1. The normalized spacial score (nSPS) is 12.7. The highest BCUT2D eigenvalue weighted by atomic mass is 16.3. The zero-order valence-electron chi connectivity index (χ0n) is 7.83. The van der Waals surface area contributed by atoms with Gasteiger partial charge >= 0.3 is 0 Å². The molecule has 0 fully saturated rings. The Bertz CT molecular complexity index is 408. The quantitative estimate of drug-likeness (QED) is 0.775. The lowest BCUT2D eigenvalue weighted by Crippen LogP contribution is -2.03. The number of nitrogens with zero attached hydrogens (tertiary/aromatic N) is 3. The molecule has 0 aliphatic carbocycles. The van der Waals surface area contributed by atoms with Gasteiger partial charge in [-0.25, -0.2) is 0 Å². The molecular weight excluding hydrogens is 178 g/mol. The van der Waals surface area contributed by atoms with E-state index in [9.17, 15) is 5.11 Å². The number of benzene rings is 1. The van der Waals surface area contributed by atoms with Crippen LogP contribution in [0.5, 0.6) is 0 Å². The minimum atomic E-state index is -0.613. The van der Waals surface area contributed by atoms with E-state index in [2.05, 4.69) is 10.2 Å². The zero-order chi connectivity index (χ0) is 9.97. The van der Waals surface area contributed by atoms with E-state index in [-0.39, 0.29) is 0 Å². The molecule has 0 spiro atoms. The molecule has 1 N–H and O–H groups in total. The minimum Gasteiger partial charge on any atom is -0.385 e. The maximum Gasteiger partial charge on any atom is 0.166 e. The van der Waals surface area contributed by atoms with Crippen molar-refractivity contribution in [3.63, 3.8) is 0 Å². The van der Waals surface area contributed by atoms with Crippen LogP contribution in [0.1, 0.15) is 18.9 Å². The van der Waals surface area contributed by atoms with Crippen molar-refractivity contribution < 1.29 is 5.11 Å². The number of hydrogen-bond acceptors (Lipinski definition) is 3. The van der Waals surface area contributed by atoms with Gasteiger partial charge < -0.3 is 5.11 Å². The van der Waals surface area contributed by atoms with Crippen LogP contribution in [0.4, 0.5) is 0 Å². The average molecular weight is 189 g/mol. The van der Waals surface area contributed by atoms with Gasteiger partial charge in [0, 0.05) is 5.69 Å². The van der Waals surface area contributed by atoms with Gasteiger partial charge in [0.2, 0.25) is 0 Å². The van der Waals surface area contributed by atoms with E-state index < -0.39 is 6.10 Å². The molecule has 2 rings (SSSR count). The summed E-state index contributed by atoms with van der Waals surface area (Å²) in [5.74, 6) is 0.552. The Kier molecular flexibility index (Phi) is 2.28. The Hall–Kier alpha value is -1.68. The molecule has 1 unspecified atom stereocenters. The van der Waals surface area contributed by atoms with Crippen LogP contribution in [0.25, 0.3) is 5.69 Å². The predicted molar refractivity (Wildman–Crippen MR) is 52.0 cm³/mol. The third kappa shape index (κ3) is 1.52. The van der Waals surface area contributed by atoms with Crippen LogP contribution in [-0.2, 0) is 0 Å². The molecular formula is C10H11N3O. The van der Waals surface area contributed by atoms with Crippen molar-refractivity contribution in [2.75, 3.05) is 0 Å². The Balaban J connectivity index is 2.47. The number of para-hydroxylation sites is 1. The lowest BCUT2D eigenvalue weighted by atomic mass is 10.3. The van der Waals surface area contributed by atoms with Crippen molar-refractivity contribution in [2.45, 2.75) is 13.0 Å². The lowest BCUT2D eigenvalue weighted by molar-refractivity contribution is 0.186. The van der Waals surface area contributed by atoms with Gasteiger partial charge in [0.25, 0.3) is 0 Å². The van der Waals surface area contributed by atoms with Crippen molar-refractivity contribution in [3.05, 3.63) is 42.5 Å². The molecule has 0 radical (unpaired) electrons. The Morgan fingerprint density at radius 1 is 1.29 bits per heavy atom. The predicted octanol–water partition coefficient (Wildman–Crippen LogP) is 1.32. The minimum absolute atomic E-state index is 0.552. The van der Waals surface area contributed by atoms with E-state index in [4.69, 9.17) is 0 Å². The van der Waals surface area contributed by atoms with Crippen molar-refractivity contribution >= 4 is 0 Å². The molecule has 1 heterocycles. The Morgan fingerprint density at radius 2 is 2.00 bits per heavy atom. The first-order valence-electron chi connectivity index (χ1n) is 4.42. The van der Waals surface area contributed by atoms with E-state index in [1.807, 2.05) is 30.3 Å². The molecule has 0 saturated carbocycles. The molecule has 1 aromatic carbocycles. The molecule has 2 aromatic rings. The van der Waals surface area contributed by atoms with Crippen LogP contribution < -0.4 is 0 Å². The van der Waals surface area contributed by atoms with Gasteiger partial charge in [-0.15, -0.1) is 10.2 Å². The van der Waals surface area contributed by atoms with Crippen LogP contribution in [0.15, 0.2) is 36.7 Å². The number of aliphatic hydroxyl groups is 1. The summed E-state index contributed by atoms with van der Waals surface area (Å²) >= 11 is 0. The first-order valence-corrected chi connectivity index (χ1v) is 4.42. The largest absolute Gasteiger partial charge is 0.385 e. The van der Waals surface area contributed by atoms with Crippen LogP contribution in [-0.4, -0.2) is 19.9 Å². The maximum atomic E-state index is 9.43. The monoisotopic (exact) mass is 189 g/mol. The highest BCUT2D eigenvalue weighted by molar-refractivity contribution is 5.32. The number of hydrogen-bond donors (Lipinski definition) is 1. The molecule has 1 atom stereocenters. The summed E-state index contributed by atoms with van der Waals surface area (Å²) in [6.07, 6.45) is 0.981. The molecule has 0 saturated heterocycles. The van der Waals surface area contributed by atoms with Gasteiger partial charge in [-0.3, -0.25) is 4.57 Å². The first kappa shape index (κ1) is 8.90. The molecule has 0 amide bonds. The first-order chi connectivity index (χ1) is 6.79. The summed E-state index contributed by atoms with van der Waals surface area (Å²) in [7, 11) is 0. The van der Waals surface area contributed by atoms with Gasteiger partial charge in [0.15, 0.2) is 5.82 Å². The molecule has 0 bridgehead atoms. The summed E-state index contributed by atoms with van der Waals surface area (Å²) in [5, 5.41) is 17.1. The van der Waals surface area contributed by atoms with E-state index in [1.165, 1.54) is 0 Å². The third-order valence-electron chi connectivity index (χ3n) is 1.98. The highest BCUT2D eigenvalue weighted by Gasteiger charge is 2.10. The Labute approximate surface area is 81.8 Å². The van der Waals surface area contributed by atoms with Gasteiger partial charge in [-0.2, -0.15) is 0 Å². The van der Waals surface area contributed by atoms with Crippen LogP contribution in [0.2, 0.25) is 0 Å². The second-order valence-electron chi connectivity index (χ2n) is 3.07. The maximum absolute atomic E-state index is 9.43. The van der Waals surface area contributed by atoms with E-state index >= 15 is 0 Å². The van der Waals surface area contributed by atoms with Crippen molar-refractivity contribution in [2.24, 2.45) is 0 Å². The summed E-state index contributed by atoms with van der Waals surface area (Å²) in [4.78, 5) is 0. The number of rotatable bonds is 2. The van der Waals surface area contributed by atoms with Crippen molar-refractivity contribution in [3.8, 4) is 5.69 Å². The van der Waals surface area contributed by atoms with Gasteiger partial charge in [0.05, 0.1) is 0 Å². The smallest absolute Gasteiger partial charge is 0.166 e. The second-order valence-corrected chi connectivity index (χ2v) is 3.07. The molecule has 72 valence electrons. The third-order valence-corrected chi connectivity index (χ3v) is 1.98. The van der Waals surface area contributed by atoms with Gasteiger partial charge in [0.1, 0.15) is 12.4 Å². The topological polar surface area (TPSA) is 50.9 Å². The van der Waals surface area contributed by atoms with Crippen molar-refractivity contribution in [1.29, 1.82) is 0 Å². The summed E-state index contributed by atoms with van der Waals surface area (Å²) in [6, 6.07) is 9.68. The fourth-order valence-electron chi connectivity index (χ4n) is 1.32. The number of aromatic nitrogens is 3. The van der Waals surface area contributed by atoms with Crippen LogP contribution in [0, 0.1) is 0 Å².